The molecule has 1 N–H and O–H groups in total. The van der Waals surface area contributed by atoms with Gasteiger partial charge >= 0.3 is 0 Å². The van der Waals surface area contributed by atoms with Crippen LogP contribution in [0.25, 0.3) is 0 Å². The van der Waals surface area contributed by atoms with E-state index < -0.39 is 5.60 Å². The van der Waals surface area contributed by atoms with Crippen LogP contribution < -0.4 is 0 Å². The van der Waals surface area contributed by atoms with E-state index in [1.165, 1.54) is 0 Å². The van der Waals surface area contributed by atoms with Gasteiger partial charge in [-0.1, -0.05) is 20.8 Å². The molecule has 0 atom stereocenters. The lowest BCUT2D eigenvalue weighted by atomic mass is 9.98. The van der Waals surface area contributed by atoms with Crippen molar-refractivity contribution in [2.45, 2.75) is 46.1 Å². The Morgan fingerprint density at radius 3 is 1.67 bits per heavy atom. The van der Waals surface area contributed by atoms with Crippen molar-refractivity contribution in [2.75, 3.05) is 13.2 Å². The number of ether oxygens (including phenoxy) is 1. The van der Waals surface area contributed by atoms with E-state index in [1.54, 1.807) is 0 Å². The maximum absolute atomic E-state index is 9.29. The fourth-order valence-corrected chi connectivity index (χ4v) is 0.811. The SMILES string of the molecule is CC(C)C.CC1(O)CCOCC1. The van der Waals surface area contributed by atoms with Crippen LogP contribution in [-0.4, -0.2) is 23.9 Å². The molecule has 0 aliphatic carbocycles. The van der Waals surface area contributed by atoms with Crippen molar-refractivity contribution in [3.8, 4) is 0 Å². The third-order valence-electron chi connectivity index (χ3n) is 1.57. The quantitative estimate of drug-likeness (QED) is 0.610. The van der Waals surface area contributed by atoms with Gasteiger partial charge in [-0.2, -0.15) is 0 Å². The molecule has 0 aromatic rings. The summed E-state index contributed by atoms with van der Waals surface area (Å²) in [6.07, 6.45) is 1.57. The van der Waals surface area contributed by atoms with Gasteiger partial charge in [-0.05, 0) is 25.7 Å². The lowest BCUT2D eigenvalue weighted by Crippen LogP contribution is -2.32. The average Bonchev–Trinajstić information content (AvgIpc) is 1.85. The molecule has 1 heterocycles. The van der Waals surface area contributed by atoms with Crippen LogP contribution in [0, 0.1) is 5.92 Å². The third kappa shape index (κ3) is 8.02. The Labute approximate surface area is 75.9 Å². The van der Waals surface area contributed by atoms with Crippen molar-refractivity contribution in [3.05, 3.63) is 0 Å². The van der Waals surface area contributed by atoms with E-state index in [9.17, 15) is 5.11 Å². The Hall–Kier alpha value is -0.0800. The summed E-state index contributed by atoms with van der Waals surface area (Å²) >= 11 is 0. The minimum atomic E-state index is -0.446. The minimum Gasteiger partial charge on any atom is -0.390 e. The van der Waals surface area contributed by atoms with Crippen molar-refractivity contribution in [1.82, 2.24) is 0 Å². The molecule has 74 valence electrons. The fourth-order valence-electron chi connectivity index (χ4n) is 0.811. The number of rotatable bonds is 0. The van der Waals surface area contributed by atoms with Gasteiger partial charge in [-0.15, -0.1) is 0 Å². The van der Waals surface area contributed by atoms with Crippen LogP contribution >= 0.6 is 0 Å². The Bertz CT molecular complexity index is 97.7. The van der Waals surface area contributed by atoms with E-state index in [1.807, 2.05) is 6.92 Å². The highest BCUT2D eigenvalue weighted by atomic mass is 16.5. The smallest absolute Gasteiger partial charge is 0.0663 e. The molecule has 0 amide bonds. The molecule has 0 bridgehead atoms. The molecule has 1 saturated heterocycles. The lowest BCUT2D eigenvalue weighted by Gasteiger charge is -2.27. The summed E-state index contributed by atoms with van der Waals surface area (Å²) in [7, 11) is 0. The summed E-state index contributed by atoms with van der Waals surface area (Å²) in [6.45, 7) is 9.79. The summed E-state index contributed by atoms with van der Waals surface area (Å²) in [6, 6.07) is 0. The Morgan fingerprint density at radius 1 is 1.17 bits per heavy atom. The summed E-state index contributed by atoms with van der Waals surface area (Å²) in [5.41, 5.74) is -0.446. The zero-order valence-corrected chi connectivity index (χ0v) is 8.76. The Balaban J connectivity index is 0.000000261. The molecule has 0 radical (unpaired) electrons. The van der Waals surface area contributed by atoms with E-state index in [2.05, 4.69) is 20.8 Å². The summed E-state index contributed by atoms with van der Waals surface area (Å²) < 4.78 is 5.05. The Morgan fingerprint density at radius 2 is 1.50 bits per heavy atom. The second kappa shape index (κ2) is 5.55. The van der Waals surface area contributed by atoms with Crippen molar-refractivity contribution < 1.29 is 9.84 Å². The maximum atomic E-state index is 9.29. The zero-order valence-electron chi connectivity index (χ0n) is 8.76. The molecule has 0 saturated carbocycles. The Kier molecular flexibility index (Phi) is 5.51. The third-order valence-corrected chi connectivity index (χ3v) is 1.57. The first kappa shape index (κ1) is 11.9. The van der Waals surface area contributed by atoms with E-state index >= 15 is 0 Å². The average molecular weight is 174 g/mol. The van der Waals surface area contributed by atoms with Crippen LogP contribution in [0.3, 0.4) is 0 Å². The van der Waals surface area contributed by atoms with Crippen molar-refractivity contribution in [1.29, 1.82) is 0 Å². The predicted molar refractivity (Wildman–Crippen MR) is 51.2 cm³/mol. The summed E-state index contributed by atoms with van der Waals surface area (Å²) in [4.78, 5) is 0. The van der Waals surface area contributed by atoms with Crippen LogP contribution in [0.15, 0.2) is 0 Å². The van der Waals surface area contributed by atoms with Crippen LogP contribution in [0.1, 0.15) is 40.5 Å². The normalized spacial score (nSPS) is 21.5. The molecule has 1 rings (SSSR count). The maximum Gasteiger partial charge on any atom is 0.0663 e. The van der Waals surface area contributed by atoms with Gasteiger partial charge in [-0.25, -0.2) is 0 Å². The van der Waals surface area contributed by atoms with Crippen LogP contribution in [-0.2, 0) is 4.74 Å². The monoisotopic (exact) mass is 174 g/mol. The molecular weight excluding hydrogens is 152 g/mol. The summed E-state index contributed by atoms with van der Waals surface area (Å²) in [5.74, 6) is 0.833. The molecule has 1 aliphatic rings. The predicted octanol–water partition coefficient (Wildman–Crippen LogP) is 2.21. The molecule has 2 heteroatoms. The fraction of sp³-hybridized carbons (Fsp3) is 1.00. The molecule has 1 fully saturated rings. The van der Waals surface area contributed by atoms with Crippen LogP contribution in [0.2, 0.25) is 0 Å². The standard InChI is InChI=1S/C6H12O2.C4H10/c1-6(7)2-4-8-5-3-6;1-4(2)3/h7H,2-5H2,1H3;4H,1-3H3. The van der Waals surface area contributed by atoms with Gasteiger partial charge in [0, 0.05) is 13.2 Å². The first-order chi connectivity index (χ1) is 5.44. The topological polar surface area (TPSA) is 29.5 Å². The van der Waals surface area contributed by atoms with Crippen molar-refractivity contribution in [2.24, 2.45) is 5.92 Å². The van der Waals surface area contributed by atoms with Gasteiger partial charge in [0.15, 0.2) is 0 Å². The van der Waals surface area contributed by atoms with E-state index in [-0.39, 0.29) is 0 Å². The van der Waals surface area contributed by atoms with E-state index in [0.717, 1.165) is 18.8 Å². The second-order valence-electron chi connectivity index (χ2n) is 4.34. The van der Waals surface area contributed by atoms with Crippen LogP contribution in [0.5, 0.6) is 0 Å². The van der Waals surface area contributed by atoms with E-state index in [0.29, 0.717) is 13.2 Å². The highest BCUT2D eigenvalue weighted by molar-refractivity contribution is 4.74. The minimum absolute atomic E-state index is 0.446. The molecule has 12 heavy (non-hydrogen) atoms. The van der Waals surface area contributed by atoms with Crippen LogP contribution in [0.4, 0.5) is 0 Å². The van der Waals surface area contributed by atoms with Gasteiger partial charge in [0.05, 0.1) is 5.60 Å². The van der Waals surface area contributed by atoms with Gasteiger partial charge in [0.25, 0.3) is 0 Å². The summed E-state index contributed by atoms with van der Waals surface area (Å²) in [5, 5.41) is 9.29. The molecule has 0 spiro atoms. The first-order valence-electron chi connectivity index (χ1n) is 4.74. The lowest BCUT2D eigenvalue weighted by molar-refractivity contribution is -0.0508. The van der Waals surface area contributed by atoms with Crippen molar-refractivity contribution >= 4 is 0 Å². The zero-order chi connectivity index (χ0) is 9.61. The molecule has 2 nitrogen and oxygen atoms in total. The van der Waals surface area contributed by atoms with Gasteiger partial charge in [0.2, 0.25) is 0 Å². The number of hydrogen-bond donors (Lipinski definition) is 1. The first-order valence-corrected chi connectivity index (χ1v) is 4.74. The van der Waals surface area contributed by atoms with Crippen molar-refractivity contribution in [3.63, 3.8) is 0 Å². The molecular formula is C10H22O2. The molecule has 0 aromatic carbocycles. The number of hydrogen-bond acceptors (Lipinski definition) is 2. The largest absolute Gasteiger partial charge is 0.390 e. The molecule has 0 unspecified atom stereocenters. The highest BCUT2D eigenvalue weighted by Crippen LogP contribution is 2.18. The van der Waals surface area contributed by atoms with Gasteiger partial charge in [-0.3, -0.25) is 0 Å². The van der Waals surface area contributed by atoms with E-state index in [4.69, 9.17) is 4.74 Å². The second-order valence-corrected chi connectivity index (χ2v) is 4.34. The highest BCUT2D eigenvalue weighted by Gasteiger charge is 2.22. The number of aliphatic hydroxyl groups is 1. The van der Waals surface area contributed by atoms with Gasteiger partial charge < -0.3 is 9.84 Å². The van der Waals surface area contributed by atoms with Gasteiger partial charge in [0.1, 0.15) is 0 Å². The molecule has 0 aromatic heterocycles. The molecule has 1 aliphatic heterocycles.